The summed E-state index contributed by atoms with van der Waals surface area (Å²) in [4.78, 5) is 14.5. The molecule has 0 aliphatic carbocycles. The molecule has 1 amide bonds. The first-order chi connectivity index (χ1) is 9.63. The van der Waals surface area contributed by atoms with Gasteiger partial charge in [0.05, 0.1) is 13.0 Å². The number of ether oxygens (including phenoxy) is 1. The van der Waals surface area contributed by atoms with Crippen LogP contribution in [0.25, 0.3) is 0 Å². The molecule has 0 aliphatic heterocycles. The van der Waals surface area contributed by atoms with Gasteiger partial charge in [0, 0.05) is 25.4 Å². The molecular formula is C16H26N2O2. The van der Waals surface area contributed by atoms with Crippen LogP contribution >= 0.6 is 0 Å². The number of methoxy groups -OCH3 is 1. The molecule has 0 bridgehead atoms. The van der Waals surface area contributed by atoms with Crippen LogP contribution in [0.1, 0.15) is 32.3 Å². The normalized spacial score (nSPS) is 10.8. The second-order valence-electron chi connectivity index (χ2n) is 4.93. The Kier molecular flexibility index (Phi) is 7.09. The first-order valence-corrected chi connectivity index (χ1v) is 7.25. The first-order valence-electron chi connectivity index (χ1n) is 7.25. The lowest BCUT2D eigenvalue weighted by atomic mass is 10.1. The Balaban J connectivity index is 2.79. The number of nitrogen functional groups attached to an aromatic ring is 1. The fraction of sp³-hybridized carbons (Fsp3) is 0.562. The highest BCUT2D eigenvalue weighted by Crippen LogP contribution is 2.15. The zero-order valence-electron chi connectivity index (χ0n) is 12.8. The number of benzene rings is 1. The van der Waals surface area contributed by atoms with Crippen molar-refractivity contribution in [2.45, 2.75) is 39.2 Å². The molecule has 0 aliphatic rings. The van der Waals surface area contributed by atoms with Crippen LogP contribution < -0.4 is 5.73 Å². The summed E-state index contributed by atoms with van der Waals surface area (Å²) in [7, 11) is 1.66. The number of para-hydroxylation sites is 1. The molecule has 0 heterocycles. The highest BCUT2D eigenvalue weighted by Gasteiger charge is 2.21. The summed E-state index contributed by atoms with van der Waals surface area (Å²) in [6, 6.07) is 7.80. The molecule has 1 rings (SSSR count). The second kappa shape index (κ2) is 8.59. The lowest BCUT2D eigenvalue weighted by Crippen LogP contribution is -2.42. The van der Waals surface area contributed by atoms with Crippen LogP contribution in [0.2, 0.25) is 0 Å². The van der Waals surface area contributed by atoms with Crippen molar-refractivity contribution in [2.75, 3.05) is 26.0 Å². The lowest BCUT2D eigenvalue weighted by molar-refractivity contribution is -0.133. The van der Waals surface area contributed by atoms with Gasteiger partial charge < -0.3 is 15.4 Å². The molecule has 0 unspecified atom stereocenters. The lowest BCUT2D eigenvalue weighted by Gasteiger charge is -2.30. The molecule has 0 saturated heterocycles. The minimum atomic E-state index is 0.119. The summed E-state index contributed by atoms with van der Waals surface area (Å²) in [6.07, 6.45) is 2.26. The van der Waals surface area contributed by atoms with E-state index >= 15 is 0 Å². The average molecular weight is 278 g/mol. The van der Waals surface area contributed by atoms with E-state index in [0.717, 1.165) is 18.4 Å². The summed E-state index contributed by atoms with van der Waals surface area (Å²) in [5, 5.41) is 0. The number of rotatable bonds is 8. The van der Waals surface area contributed by atoms with Crippen molar-refractivity contribution in [2.24, 2.45) is 0 Å². The highest BCUT2D eigenvalue weighted by molar-refractivity contribution is 5.80. The number of amides is 1. The number of carbonyl (C=O) groups is 1. The molecule has 0 fully saturated rings. The molecular weight excluding hydrogens is 252 g/mol. The Bertz CT molecular complexity index is 417. The van der Waals surface area contributed by atoms with Crippen LogP contribution in [-0.4, -0.2) is 37.1 Å². The topological polar surface area (TPSA) is 55.6 Å². The van der Waals surface area contributed by atoms with E-state index in [1.54, 1.807) is 7.11 Å². The smallest absolute Gasteiger partial charge is 0.227 e. The van der Waals surface area contributed by atoms with Crippen LogP contribution in [0.4, 0.5) is 5.69 Å². The van der Waals surface area contributed by atoms with Gasteiger partial charge in [-0.1, -0.05) is 32.0 Å². The summed E-state index contributed by atoms with van der Waals surface area (Å²) >= 11 is 0. The van der Waals surface area contributed by atoms with Crippen molar-refractivity contribution in [3.8, 4) is 0 Å². The Morgan fingerprint density at radius 1 is 1.30 bits per heavy atom. The van der Waals surface area contributed by atoms with Gasteiger partial charge in [-0.2, -0.15) is 0 Å². The number of hydrogen-bond acceptors (Lipinski definition) is 3. The number of hydrogen-bond donors (Lipinski definition) is 1. The van der Waals surface area contributed by atoms with Crippen LogP contribution in [0.3, 0.4) is 0 Å². The SMILES string of the molecule is CCC(CC)N(CCOC)C(=O)Cc1ccccc1N. The summed E-state index contributed by atoms with van der Waals surface area (Å²) in [5.41, 5.74) is 7.49. The second-order valence-corrected chi connectivity index (χ2v) is 4.93. The quantitative estimate of drug-likeness (QED) is 0.743. The Morgan fingerprint density at radius 3 is 2.50 bits per heavy atom. The van der Waals surface area contributed by atoms with Crippen LogP contribution in [-0.2, 0) is 16.0 Å². The van der Waals surface area contributed by atoms with E-state index < -0.39 is 0 Å². The fourth-order valence-corrected chi connectivity index (χ4v) is 2.39. The highest BCUT2D eigenvalue weighted by atomic mass is 16.5. The molecule has 0 radical (unpaired) electrons. The average Bonchev–Trinajstić information content (AvgIpc) is 2.45. The van der Waals surface area contributed by atoms with Gasteiger partial charge in [0.25, 0.3) is 0 Å². The van der Waals surface area contributed by atoms with E-state index in [1.165, 1.54) is 0 Å². The Labute approximate surface area is 121 Å². The largest absolute Gasteiger partial charge is 0.398 e. The minimum absolute atomic E-state index is 0.119. The summed E-state index contributed by atoms with van der Waals surface area (Å²) in [6.45, 7) is 5.41. The van der Waals surface area contributed by atoms with Crippen molar-refractivity contribution in [3.63, 3.8) is 0 Å². The Morgan fingerprint density at radius 2 is 1.95 bits per heavy atom. The predicted octanol–water partition coefficient (Wildman–Crippen LogP) is 2.47. The summed E-state index contributed by atoms with van der Waals surface area (Å²) < 4.78 is 5.12. The van der Waals surface area contributed by atoms with Gasteiger partial charge in [-0.3, -0.25) is 4.79 Å². The maximum atomic E-state index is 12.5. The van der Waals surface area contributed by atoms with Gasteiger partial charge in [0.1, 0.15) is 0 Å². The van der Waals surface area contributed by atoms with Crippen LogP contribution in [0.15, 0.2) is 24.3 Å². The monoisotopic (exact) mass is 278 g/mol. The number of nitrogens with two attached hydrogens (primary N) is 1. The first kappa shape index (κ1) is 16.5. The van der Waals surface area contributed by atoms with Gasteiger partial charge in [-0.15, -0.1) is 0 Å². The predicted molar refractivity (Wildman–Crippen MR) is 82.5 cm³/mol. The molecule has 4 heteroatoms. The molecule has 0 atom stereocenters. The third-order valence-electron chi connectivity index (χ3n) is 3.64. The van der Waals surface area contributed by atoms with Crippen LogP contribution in [0.5, 0.6) is 0 Å². The summed E-state index contributed by atoms with van der Waals surface area (Å²) in [5.74, 6) is 0.119. The fourth-order valence-electron chi connectivity index (χ4n) is 2.39. The Hall–Kier alpha value is -1.55. The van der Waals surface area contributed by atoms with Gasteiger partial charge in [-0.25, -0.2) is 0 Å². The number of anilines is 1. The van der Waals surface area contributed by atoms with Gasteiger partial charge in [0.15, 0.2) is 0 Å². The third kappa shape index (κ3) is 4.53. The van der Waals surface area contributed by atoms with Gasteiger partial charge in [-0.05, 0) is 24.5 Å². The minimum Gasteiger partial charge on any atom is -0.398 e. The molecule has 20 heavy (non-hydrogen) atoms. The zero-order valence-corrected chi connectivity index (χ0v) is 12.8. The van der Waals surface area contributed by atoms with Crippen molar-refractivity contribution in [3.05, 3.63) is 29.8 Å². The molecule has 1 aromatic carbocycles. The van der Waals surface area contributed by atoms with E-state index in [0.29, 0.717) is 25.3 Å². The van der Waals surface area contributed by atoms with Crippen molar-refractivity contribution < 1.29 is 9.53 Å². The van der Waals surface area contributed by atoms with Crippen molar-refractivity contribution >= 4 is 11.6 Å². The maximum Gasteiger partial charge on any atom is 0.227 e. The molecule has 0 saturated carbocycles. The number of carbonyl (C=O) groups excluding carboxylic acids is 1. The standard InChI is InChI=1S/C16H26N2O2/c1-4-14(5-2)18(10-11-20-3)16(19)12-13-8-6-7-9-15(13)17/h6-9,14H,4-5,10-12,17H2,1-3H3. The van der Waals surface area contributed by atoms with Crippen molar-refractivity contribution in [1.82, 2.24) is 4.90 Å². The van der Waals surface area contributed by atoms with Gasteiger partial charge >= 0.3 is 0 Å². The zero-order chi connectivity index (χ0) is 15.0. The van der Waals surface area contributed by atoms with E-state index in [9.17, 15) is 4.79 Å². The maximum absolute atomic E-state index is 12.5. The van der Waals surface area contributed by atoms with Crippen molar-refractivity contribution in [1.29, 1.82) is 0 Å². The van der Waals surface area contributed by atoms with E-state index in [4.69, 9.17) is 10.5 Å². The third-order valence-corrected chi connectivity index (χ3v) is 3.64. The molecule has 4 nitrogen and oxygen atoms in total. The molecule has 1 aromatic rings. The van der Waals surface area contributed by atoms with E-state index in [1.807, 2.05) is 29.2 Å². The molecule has 112 valence electrons. The molecule has 0 spiro atoms. The van der Waals surface area contributed by atoms with E-state index in [2.05, 4.69) is 13.8 Å². The molecule has 2 N–H and O–H groups in total. The number of nitrogens with zero attached hydrogens (tertiary/aromatic N) is 1. The van der Waals surface area contributed by atoms with E-state index in [-0.39, 0.29) is 11.9 Å². The van der Waals surface area contributed by atoms with Gasteiger partial charge in [0.2, 0.25) is 5.91 Å². The van der Waals surface area contributed by atoms with Crippen LogP contribution in [0, 0.1) is 0 Å². The molecule has 0 aromatic heterocycles.